The Balaban J connectivity index is 0.000000265. The predicted molar refractivity (Wildman–Crippen MR) is 317 cm³/mol. The van der Waals surface area contributed by atoms with Crippen molar-refractivity contribution in [2.75, 3.05) is 19.1 Å². The van der Waals surface area contributed by atoms with Gasteiger partial charge in [-0.15, -0.1) is 11.6 Å². The lowest BCUT2D eigenvalue weighted by Crippen LogP contribution is -2.62. The van der Waals surface area contributed by atoms with Crippen LogP contribution in [0.5, 0.6) is 0 Å². The molecule has 2 aliphatic heterocycles. The van der Waals surface area contributed by atoms with Gasteiger partial charge in [-0.3, -0.25) is 22.7 Å². The van der Waals surface area contributed by atoms with E-state index in [1.54, 1.807) is 48.5 Å². The molecule has 5 aromatic carbocycles. The van der Waals surface area contributed by atoms with Crippen LogP contribution in [0.3, 0.4) is 0 Å². The first-order valence-electron chi connectivity index (χ1n) is 27.0. The van der Waals surface area contributed by atoms with Gasteiger partial charge in [0.15, 0.2) is 0 Å². The normalized spacial score (nSPS) is 24.2. The summed E-state index contributed by atoms with van der Waals surface area (Å²) in [6.07, 6.45) is -2.08. The highest BCUT2D eigenvalue weighted by atomic mass is 35.5. The Hall–Kier alpha value is -5.29. The summed E-state index contributed by atoms with van der Waals surface area (Å²) in [6.45, 7) is 17.8. The number of carbonyl (C=O) groups excluding carboxylic acids is 4. The summed E-state index contributed by atoms with van der Waals surface area (Å²) in [6, 6.07) is 39.8. The highest BCUT2D eigenvalue weighted by molar-refractivity contribution is 8.00. The quantitative estimate of drug-likeness (QED) is 0.0374. The summed E-state index contributed by atoms with van der Waals surface area (Å²) in [5.41, 5.74) is 2.29. The van der Waals surface area contributed by atoms with Gasteiger partial charge >= 0.3 is 11.9 Å². The van der Waals surface area contributed by atoms with E-state index in [1.165, 1.54) is 61.6 Å². The lowest BCUT2D eigenvalue weighted by atomic mass is 9.82. The number of esters is 2. The van der Waals surface area contributed by atoms with E-state index in [0.717, 1.165) is 20.9 Å². The molecule has 444 valence electrons. The van der Waals surface area contributed by atoms with Gasteiger partial charge in [-0.2, -0.15) is 16.8 Å². The third-order valence-corrected chi connectivity index (χ3v) is 19.6. The Morgan fingerprint density at radius 3 is 1.28 bits per heavy atom. The summed E-state index contributed by atoms with van der Waals surface area (Å²) < 4.78 is 87.5. The van der Waals surface area contributed by atoms with Crippen LogP contribution in [0.15, 0.2) is 159 Å². The number of rotatable bonds is 22. The molecule has 16 nitrogen and oxygen atoms in total. The molecule has 21 heteroatoms. The summed E-state index contributed by atoms with van der Waals surface area (Å²) >= 11 is 8.74. The number of thioether (sulfide) groups is 2. The molecule has 2 aliphatic rings. The number of hydrogen-bond donors (Lipinski definition) is 2. The molecule has 0 radical (unpaired) electrons. The monoisotopic (exact) mass is 1220 g/mol. The minimum atomic E-state index is -3.97. The van der Waals surface area contributed by atoms with Crippen LogP contribution in [0.2, 0.25) is 0 Å². The van der Waals surface area contributed by atoms with Gasteiger partial charge in [0.05, 0.1) is 52.9 Å². The Kier molecular flexibility index (Phi) is 23.7. The van der Waals surface area contributed by atoms with Crippen LogP contribution in [0.4, 0.5) is 0 Å². The molecule has 12 atom stereocenters. The second kappa shape index (κ2) is 29.5. The van der Waals surface area contributed by atoms with Gasteiger partial charge in [0.2, 0.25) is 11.8 Å². The van der Waals surface area contributed by atoms with Crippen molar-refractivity contribution in [3.05, 3.63) is 156 Å². The van der Waals surface area contributed by atoms with Crippen molar-refractivity contribution >= 4 is 79.1 Å². The van der Waals surface area contributed by atoms with Crippen LogP contribution in [0.25, 0.3) is 0 Å². The van der Waals surface area contributed by atoms with E-state index in [2.05, 4.69) is 10.6 Å². The maximum Gasteiger partial charge on any atom is 0.338 e. The average Bonchev–Trinajstić information content (AvgIpc) is 2.49. The zero-order valence-corrected chi connectivity index (χ0v) is 51.8. The van der Waals surface area contributed by atoms with Crippen LogP contribution in [-0.4, -0.2) is 106 Å². The standard InChI is InChI=1S/C33H39NO7S2.C28H36ClNO7S2/c1-22-16-18-28(19-17-22)43(37,38)39-21-23(2)24(3)31-30(34-25(4)35)29(40-32(36)26-12-8-6-9-13-26)20-33(5,41-31)42-27-14-10-7-11-15-27;1-18-11-13-23(14-12-18)39(33,34)35-17-19(2)20(3)27-26(30-21(4)31)24(36-25(32)16-29)15-28(5,37-27)38-22-9-7-6-8-10-22/h6-19,23-24,29-31H,20-21H2,1-5H3,(H,34,35);6-14,19-20,24,26-27H,15-17H2,1-5H3,(H,30,31)/t23-,24-,29-,30-,31?,33+;19-,20-,24-,26-,27?,28+/m11/s1. The van der Waals surface area contributed by atoms with E-state index in [4.69, 9.17) is 38.9 Å². The molecular weight excluding hydrogens is 1150 g/mol. The van der Waals surface area contributed by atoms with Crippen molar-refractivity contribution in [3.63, 3.8) is 0 Å². The number of ether oxygens (including phenoxy) is 4. The van der Waals surface area contributed by atoms with Gasteiger partial charge < -0.3 is 29.6 Å². The summed E-state index contributed by atoms with van der Waals surface area (Å²) in [5.74, 6) is -3.25. The molecule has 2 amide bonds. The Bertz CT molecular complexity index is 3130. The molecule has 0 bridgehead atoms. The molecule has 7 rings (SSSR count). The second-order valence-electron chi connectivity index (χ2n) is 21.4. The molecule has 2 fully saturated rings. The molecular formula is C61H75ClN2O14S4. The SMILES string of the molecule is CC(=O)N[C@H]1C([C@H](C)[C@H](C)COS(=O)(=O)c2ccc(C)cc2)O[C@@](C)(Sc2ccccc2)C[C@H]1OC(=O)CCl.CC(=O)N[C@H]1C([C@H](C)[C@H](C)COS(=O)(=O)c2ccc(C)cc2)O[C@@](C)(Sc2ccccc2)C[C@H]1OC(=O)c1ccccc1. The van der Waals surface area contributed by atoms with E-state index in [-0.39, 0.29) is 64.4 Å². The largest absolute Gasteiger partial charge is 0.459 e. The highest BCUT2D eigenvalue weighted by Crippen LogP contribution is 2.47. The second-order valence-corrected chi connectivity index (χ2v) is 27.9. The van der Waals surface area contributed by atoms with Gasteiger partial charge in [0, 0.05) is 36.5 Å². The van der Waals surface area contributed by atoms with E-state index in [1.807, 2.05) is 122 Å². The molecule has 2 unspecified atom stereocenters. The average molecular weight is 1220 g/mol. The lowest BCUT2D eigenvalue weighted by Gasteiger charge is -2.49. The molecule has 82 heavy (non-hydrogen) atoms. The number of amides is 2. The van der Waals surface area contributed by atoms with Gasteiger partial charge in [-0.05, 0) is 112 Å². The van der Waals surface area contributed by atoms with Gasteiger partial charge in [-0.25, -0.2) is 4.79 Å². The number of hydrogen-bond acceptors (Lipinski definition) is 16. The van der Waals surface area contributed by atoms with E-state index in [0.29, 0.717) is 18.4 Å². The first-order chi connectivity index (χ1) is 38.7. The van der Waals surface area contributed by atoms with Crippen LogP contribution in [0.1, 0.15) is 89.7 Å². The van der Waals surface area contributed by atoms with Crippen molar-refractivity contribution in [2.45, 2.75) is 148 Å². The van der Waals surface area contributed by atoms with Crippen molar-refractivity contribution in [1.82, 2.24) is 10.6 Å². The van der Waals surface area contributed by atoms with Crippen LogP contribution < -0.4 is 10.6 Å². The lowest BCUT2D eigenvalue weighted by molar-refractivity contribution is -0.180. The maximum absolute atomic E-state index is 13.2. The highest BCUT2D eigenvalue weighted by Gasteiger charge is 2.52. The Morgan fingerprint density at radius 2 is 0.927 bits per heavy atom. The Morgan fingerprint density at radius 1 is 0.573 bits per heavy atom. The van der Waals surface area contributed by atoms with E-state index >= 15 is 0 Å². The molecule has 0 aliphatic carbocycles. The van der Waals surface area contributed by atoms with Gasteiger partial charge in [0.1, 0.15) is 28.0 Å². The van der Waals surface area contributed by atoms with Crippen molar-refractivity contribution in [3.8, 4) is 0 Å². The van der Waals surface area contributed by atoms with Crippen molar-refractivity contribution in [1.29, 1.82) is 0 Å². The van der Waals surface area contributed by atoms with Crippen LogP contribution in [-0.2, 0) is 61.9 Å². The van der Waals surface area contributed by atoms with Crippen molar-refractivity contribution < 1.29 is 63.3 Å². The number of benzene rings is 5. The third-order valence-electron chi connectivity index (χ3n) is 14.4. The fraction of sp³-hybridized carbons (Fsp3) is 0.443. The summed E-state index contributed by atoms with van der Waals surface area (Å²) in [4.78, 5) is 50.6. The topological polar surface area (TPSA) is 216 Å². The first kappa shape index (κ1) is 65.9. The molecule has 0 spiro atoms. The number of alkyl halides is 1. The molecule has 0 aromatic heterocycles. The van der Waals surface area contributed by atoms with E-state index in [9.17, 15) is 36.0 Å². The first-order valence-corrected chi connectivity index (χ1v) is 32.0. The molecule has 2 saturated heterocycles. The summed E-state index contributed by atoms with van der Waals surface area (Å²) in [5, 5.41) is 5.87. The zero-order valence-electron chi connectivity index (χ0n) is 47.8. The number of halogens is 1. The zero-order chi connectivity index (χ0) is 60.0. The van der Waals surface area contributed by atoms with Gasteiger partial charge in [-0.1, -0.05) is 141 Å². The molecule has 2 N–H and O–H groups in total. The minimum Gasteiger partial charge on any atom is -0.459 e. The fourth-order valence-corrected chi connectivity index (χ4v) is 14.1. The molecule has 0 saturated carbocycles. The smallest absolute Gasteiger partial charge is 0.338 e. The molecule has 5 aromatic rings. The molecule has 2 heterocycles. The van der Waals surface area contributed by atoms with E-state index < -0.39 is 78.5 Å². The minimum absolute atomic E-state index is 0.0814. The maximum atomic E-state index is 13.2. The van der Waals surface area contributed by atoms with Crippen LogP contribution in [0, 0.1) is 37.5 Å². The Labute approximate surface area is 497 Å². The number of carbonyl (C=O) groups is 4. The number of aryl methyl sites for hydroxylation is 2. The third kappa shape index (κ3) is 18.9. The number of nitrogens with one attached hydrogen (secondary N) is 2. The predicted octanol–water partition coefficient (Wildman–Crippen LogP) is 10.9. The fourth-order valence-electron chi connectivity index (χ4n) is 9.62. The van der Waals surface area contributed by atoms with Crippen molar-refractivity contribution in [2.24, 2.45) is 23.7 Å². The summed E-state index contributed by atoms with van der Waals surface area (Å²) in [7, 11) is -7.93. The van der Waals surface area contributed by atoms with Crippen LogP contribution >= 0.6 is 35.1 Å². The van der Waals surface area contributed by atoms with Gasteiger partial charge in [0.25, 0.3) is 20.2 Å².